The molecule has 1 aromatic heterocycles. The van der Waals surface area contributed by atoms with E-state index in [0.717, 1.165) is 32.1 Å². The van der Waals surface area contributed by atoms with Crippen LogP contribution in [0.15, 0.2) is 17.5 Å². The molecule has 20 heavy (non-hydrogen) atoms. The molecule has 4 nitrogen and oxygen atoms in total. The van der Waals surface area contributed by atoms with Crippen LogP contribution in [0.3, 0.4) is 0 Å². The molecule has 0 atom stereocenters. The van der Waals surface area contributed by atoms with Crippen LogP contribution in [0, 0.1) is 5.92 Å². The largest absolute Gasteiger partial charge is 0.340 e. The highest BCUT2D eigenvalue weighted by Crippen LogP contribution is 2.16. The number of likely N-dealkylation sites (N-methyl/N-ethyl adjacent to an activating group) is 1. The Morgan fingerprint density at radius 3 is 2.85 bits per heavy atom. The summed E-state index contributed by atoms with van der Waals surface area (Å²) >= 11 is 1.71. The van der Waals surface area contributed by atoms with Gasteiger partial charge in [-0.15, -0.1) is 11.3 Å². The molecule has 2 rings (SSSR count). The van der Waals surface area contributed by atoms with E-state index in [1.807, 2.05) is 25.1 Å². The van der Waals surface area contributed by atoms with E-state index in [1.165, 1.54) is 17.7 Å². The van der Waals surface area contributed by atoms with Crippen LogP contribution in [0.5, 0.6) is 0 Å². The number of piperidine rings is 1. The summed E-state index contributed by atoms with van der Waals surface area (Å²) in [6, 6.07) is 4.11. The Bertz CT molecular complexity index is 399. The van der Waals surface area contributed by atoms with Crippen molar-refractivity contribution in [2.45, 2.75) is 19.4 Å². The second-order valence-electron chi connectivity index (χ2n) is 5.61. The number of carbonyl (C=O) groups is 1. The van der Waals surface area contributed by atoms with Crippen molar-refractivity contribution in [3.63, 3.8) is 0 Å². The van der Waals surface area contributed by atoms with E-state index in [9.17, 15) is 4.79 Å². The minimum absolute atomic E-state index is 0.227. The number of amides is 1. The van der Waals surface area contributed by atoms with E-state index in [4.69, 9.17) is 0 Å². The summed E-state index contributed by atoms with van der Waals surface area (Å²) < 4.78 is 0. The number of nitrogens with zero attached hydrogens (tertiary/aromatic N) is 2. The van der Waals surface area contributed by atoms with Crippen LogP contribution in [0.4, 0.5) is 0 Å². The Morgan fingerprint density at radius 2 is 2.25 bits per heavy atom. The van der Waals surface area contributed by atoms with Gasteiger partial charge in [-0.3, -0.25) is 9.69 Å². The number of rotatable bonds is 6. The lowest BCUT2D eigenvalue weighted by atomic mass is 9.97. The van der Waals surface area contributed by atoms with Gasteiger partial charge in [0.2, 0.25) is 5.91 Å². The van der Waals surface area contributed by atoms with E-state index in [-0.39, 0.29) is 5.91 Å². The van der Waals surface area contributed by atoms with Crippen molar-refractivity contribution in [1.29, 1.82) is 0 Å². The van der Waals surface area contributed by atoms with Crippen LogP contribution in [-0.2, 0) is 11.3 Å². The quantitative estimate of drug-likeness (QED) is 0.866. The van der Waals surface area contributed by atoms with E-state index >= 15 is 0 Å². The molecule has 112 valence electrons. The lowest BCUT2D eigenvalue weighted by molar-refractivity contribution is -0.132. The van der Waals surface area contributed by atoms with Gasteiger partial charge in [-0.2, -0.15) is 0 Å². The van der Waals surface area contributed by atoms with Crippen molar-refractivity contribution >= 4 is 17.2 Å². The van der Waals surface area contributed by atoms with E-state index in [1.54, 1.807) is 11.3 Å². The fourth-order valence-electron chi connectivity index (χ4n) is 2.67. The van der Waals surface area contributed by atoms with Crippen molar-refractivity contribution < 1.29 is 4.79 Å². The second kappa shape index (κ2) is 7.76. The number of hydrogen-bond donors (Lipinski definition) is 1. The second-order valence-corrected chi connectivity index (χ2v) is 6.64. The van der Waals surface area contributed by atoms with Crippen LogP contribution in [0.2, 0.25) is 0 Å². The van der Waals surface area contributed by atoms with Crippen molar-refractivity contribution in [1.82, 2.24) is 15.1 Å². The number of thiophene rings is 1. The average molecular weight is 295 g/mol. The average Bonchev–Trinajstić information content (AvgIpc) is 2.94. The lowest BCUT2D eigenvalue weighted by Gasteiger charge is -2.32. The summed E-state index contributed by atoms with van der Waals surface area (Å²) in [7, 11) is 3.91. The Kier molecular flexibility index (Phi) is 6.01. The molecule has 1 aliphatic heterocycles. The summed E-state index contributed by atoms with van der Waals surface area (Å²) in [4.78, 5) is 17.6. The number of hydrogen-bond acceptors (Lipinski definition) is 4. The van der Waals surface area contributed by atoms with Gasteiger partial charge >= 0.3 is 0 Å². The highest BCUT2D eigenvalue weighted by Gasteiger charge is 2.21. The number of likely N-dealkylation sites (tertiary alicyclic amines) is 1. The van der Waals surface area contributed by atoms with Gasteiger partial charge in [0.25, 0.3) is 0 Å². The molecule has 5 heteroatoms. The fraction of sp³-hybridized carbons (Fsp3) is 0.667. The SMILES string of the molecule is CNCC1CCN(CC(=O)N(C)Cc2cccs2)CC1. The summed E-state index contributed by atoms with van der Waals surface area (Å²) in [5, 5.41) is 5.30. The topological polar surface area (TPSA) is 35.6 Å². The third-order valence-corrected chi connectivity index (χ3v) is 4.82. The smallest absolute Gasteiger partial charge is 0.236 e. The number of nitrogens with one attached hydrogen (secondary N) is 1. The first-order valence-electron chi connectivity index (χ1n) is 7.32. The molecule has 0 spiro atoms. The highest BCUT2D eigenvalue weighted by atomic mass is 32.1. The van der Waals surface area contributed by atoms with Gasteiger partial charge in [-0.05, 0) is 56.9 Å². The maximum atomic E-state index is 12.2. The molecular weight excluding hydrogens is 270 g/mol. The van der Waals surface area contributed by atoms with Gasteiger partial charge in [0, 0.05) is 11.9 Å². The summed E-state index contributed by atoms with van der Waals surface area (Å²) in [5.41, 5.74) is 0. The third kappa shape index (κ3) is 4.58. The van der Waals surface area contributed by atoms with Crippen molar-refractivity contribution in [3.05, 3.63) is 22.4 Å². The minimum Gasteiger partial charge on any atom is -0.340 e. The molecule has 1 saturated heterocycles. The van der Waals surface area contributed by atoms with Gasteiger partial charge in [0.1, 0.15) is 0 Å². The standard InChI is InChI=1S/C15H25N3OS/c1-16-10-13-5-7-18(8-6-13)12-15(19)17(2)11-14-4-3-9-20-14/h3-4,9,13,16H,5-8,10-12H2,1-2H3. The Labute approximate surface area is 125 Å². The molecule has 1 N–H and O–H groups in total. The van der Waals surface area contributed by atoms with Gasteiger partial charge in [0.15, 0.2) is 0 Å². The lowest BCUT2D eigenvalue weighted by Crippen LogP contribution is -2.43. The first-order valence-corrected chi connectivity index (χ1v) is 8.20. The Hall–Kier alpha value is -0.910. The zero-order valence-electron chi connectivity index (χ0n) is 12.5. The molecule has 0 unspecified atom stereocenters. The van der Waals surface area contributed by atoms with Crippen LogP contribution in [0.1, 0.15) is 17.7 Å². The van der Waals surface area contributed by atoms with Gasteiger partial charge in [0.05, 0.1) is 13.1 Å². The summed E-state index contributed by atoms with van der Waals surface area (Å²) in [5.74, 6) is 1.00. The molecular formula is C15H25N3OS. The Balaban J connectivity index is 1.72. The van der Waals surface area contributed by atoms with Crippen molar-refractivity contribution in [3.8, 4) is 0 Å². The maximum Gasteiger partial charge on any atom is 0.236 e. The van der Waals surface area contributed by atoms with Crippen LogP contribution in [-0.4, -0.2) is 56.0 Å². The first kappa shape index (κ1) is 15.5. The summed E-state index contributed by atoms with van der Waals surface area (Å²) in [6.45, 7) is 4.48. The monoisotopic (exact) mass is 295 g/mol. The molecule has 0 radical (unpaired) electrons. The maximum absolute atomic E-state index is 12.2. The van der Waals surface area contributed by atoms with Crippen LogP contribution in [0.25, 0.3) is 0 Å². The first-order chi connectivity index (χ1) is 9.69. The molecule has 0 bridgehead atoms. The molecule has 1 aliphatic rings. The van der Waals surface area contributed by atoms with Gasteiger partial charge in [-0.25, -0.2) is 0 Å². The predicted molar refractivity (Wildman–Crippen MR) is 83.9 cm³/mol. The molecule has 1 fully saturated rings. The Morgan fingerprint density at radius 1 is 1.50 bits per heavy atom. The zero-order chi connectivity index (χ0) is 14.4. The minimum atomic E-state index is 0.227. The third-order valence-electron chi connectivity index (χ3n) is 3.96. The normalized spacial score (nSPS) is 17.3. The highest BCUT2D eigenvalue weighted by molar-refractivity contribution is 7.09. The van der Waals surface area contributed by atoms with Gasteiger partial charge < -0.3 is 10.2 Å². The van der Waals surface area contributed by atoms with Crippen LogP contribution >= 0.6 is 11.3 Å². The predicted octanol–water partition coefficient (Wildman–Crippen LogP) is 1.64. The molecule has 0 aliphatic carbocycles. The molecule has 0 saturated carbocycles. The molecule has 2 heterocycles. The van der Waals surface area contributed by atoms with E-state index < -0.39 is 0 Å². The van der Waals surface area contributed by atoms with E-state index in [2.05, 4.69) is 21.7 Å². The zero-order valence-corrected chi connectivity index (χ0v) is 13.3. The number of carbonyl (C=O) groups excluding carboxylic acids is 1. The molecule has 1 amide bonds. The summed E-state index contributed by atoms with van der Waals surface area (Å²) in [6.07, 6.45) is 2.39. The molecule has 0 aromatic carbocycles. The fourth-order valence-corrected chi connectivity index (χ4v) is 3.43. The van der Waals surface area contributed by atoms with Crippen molar-refractivity contribution in [2.75, 3.05) is 40.3 Å². The van der Waals surface area contributed by atoms with Crippen molar-refractivity contribution in [2.24, 2.45) is 5.92 Å². The van der Waals surface area contributed by atoms with Gasteiger partial charge in [-0.1, -0.05) is 6.07 Å². The van der Waals surface area contributed by atoms with E-state index in [0.29, 0.717) is 6.54 Å². The van der Waals surface area contributed by atoms with Crippen LogP contribution < -0.4 is 5.32 Å². The molecule has 1 aromatic rings.